The Balaban J connectivity index is 1.83. The van der Waals surface area contributed by atoms with E-state index in [1.54, 1.807) is 16.0 Å². The highest BCUT2D eigenvalue weighted by Gasteiger charge is 2.10. The lowest BCUT2D eigenvalue weighted by Crippen LogP contribution is -2.23. The molecule has 2 aromatic heterocycles. The van der Waals surface area contributed by atoms with Gasteiger partial charge in [0, 0.05) is 17.5 Å². The largest absolute Gasteiger partial charge is 0.308 e. The molecule has 0 spiro atoms. The van der Waals surface area contributed by atoms with Crippen molar-refractivity contribution in [3.63, 3.8) is 0 Å². The third-order valence-corrected chi connectivity index (χ3v) is 4.12. The SMILES string of the molecule is Cc1ccsc1C(C)NCCn1cc([N+](=O)[O-])cn1. The number of aryl methyl sites for hydroxylation is 1. The fourth-order valence-corrected chi connectivity index (χ4v) is 2.85. The Morgan fingerprint density at radius 3 is 3.00 bits per heavy atom. The molecule has 2 heterocycles. The maximum Gasteiger partial charge on any atom is 0.306 e. The van der Waals surface area contributed by atoms with Crippen LogP contribution in [0.25, 0.3) is 0 Å². The molecular weight excluding hydrogens is 264 g/mol. The Morgan fingerprint density at radius 2 is 2.42 bits per heavy atom. The molecule has 0 bridgehead atoms. The van der Waals surface area contributed by atoms with Crippen LogP contribution in [-0.4, -0.2) is 21.2 Å². The Kier molecular flexibility index (Phi) is 4.28. The van der Waals surface area contributed by atoms with Crippen molar-refractivity contribution in [1.29, 1.82) is 0 Å². The predicted molar refractivity (Wildman–Crippen MR) is 74.4 cm³/mol. The van der Waals surface area contributed by atoms with E-state index >= 15 is 0 Å². The first-order valence-electron chi connectivity index (χ1n) is 6.02. The molecule has 0 aliphatic rings. The van der Waals surface area contributed by atoms with Gasteiger partial charge in [0.15, 0.2) is 0 Å². The average Bonchev–Trinajstić information content (AvgIpc) is 2.97. The van der Waals surface area contributed by atoms with Crippen LogP contribution < -0.4 is 5.32 Å². The van der Waals surface area contributed by atoms with E-state index in [1.807, 2.05) is 0 Å². The van der Waals surface area contributed by atoms with Gasteiger partial charge in [-0.1, -0.05) is 0 Å². The minimum Gasteiger partial charge on any atom is -0.308 e. The van der Waals surface area contributed by atoms with E-state index in [-0.39, 0.29) is 11.7 Å². The van der Waals surface area contributed by atoms with Crippen molar-refractivity contribution in [3.8, 4) is 0 Å². The Bertz CT molecular complexity index is 564. The van der Waals surface area contributed by atoms with Gasteiger partial charge in [-0.15, -0.1) is 11.3 Å². The van der Waals surface area contributed by atoms with Gasteiger partial charge in [-0.25, -0.2) is 0 Å². The maximum absolute atomic E-state index is 10.5. The van der Waals surface area contributed by atoms with Crippen molar-refractivity contribution in [3.05, 3.63) is 44.4 Å². The van der Waals surface area contributed by atoms with Gasteiger partial charge in [0.1, 0.15) is 12.4 Å². The van der Waals surface area contributed by atoms with Crippen LogP contribution in [0, 0.1) is 17.0 Å². The zero-order valence-corrected chi connectivity index (χ0v) is 11.7. The van der Waals surface area contributed by atoms with Gasteiger partial charge in [-0.3, -0.25) is 14.8 Å². The van der Waals surface area contributed by atoms with Crippen LogP contribution in [-0.2, 0) is 6.54 Å². The van der Waals surface area contributed by atoms with Crippen molar-refractivity contribution >= 4 is 17.0 Å². The second-order valence-corrected chi connectivity index (χ2v) is 5.31. The van der Waals surface area contributed by atoms with Crippen LogP contribution in [0.2, 0.25) is 0 Å². The molecule has 1 unspecified atom stereocenters. The molecule has 0 aromatic carbocycles. The Labute approximate surface area is 115 Å². The lowest BCUT2D eigenvalue weighted by Gasteiger charge is -2.13. The fraction of sp³-hybridized carbons (Fsp3) is 0.417. The summed E-state index contributed by atoms with van der Waals surface area (Å²) in [5, 5.41) is 20.0. The number of aromatic nitrogens is 2. The average molecular weight is 280 g/mol. The standard InChI is InChI=1S/C12H16N4O2S/c1-9-3-6-19-12(9)10(2)13-4-5-15-8-11(7-14-15)16(17)18/h3,6-8,10,13H,4-5H2,1-2H3. The molecule has 6 nitrogen and oxygen atoms in total. The summed E-state index contributed by atoms with van der Waals surface area (Å²) in [7, 11) is 0. The minimum absolute atomic E-state index is 0.0298. The summed E-state index contributed by atoms with van der Waals surface area (Å²) in [6.07, 6.45) is 2.72. The molecule has 0 saturated carbocycles. The number of nitrogens with one attached hydrogen (secondary N) is 1. The summed E-state index contributed by atoms with van der Waals surface area (Å²) in [6, 6.07) is 2.39. The van der Waals surface area contributed by atoms with E-state index in [9.17, 15) is 10.1 Å². The number of hydrogen-bond acceptors (Lipinski definition) is 5. The van der Waals surface area contributed by atoms with Gasteiger partial charge in [0.05, 0.1) is 11.5 Å². The quantitative estimate of drug-likeness (QED) is 0.652. The summed E-state index contributed by atoms with van der Waals surface area (Å²) >= 11 is 1.74. The topological polar surface area (TPSA) is 73.0 Å². The van der Waals surface area contributed by atoms with E-state index in [4.69, 9.17) is 0 Å². The minimum atomic E-state index is -0.436. The second-order valence-electron chi connectivity index (χ2n) is 4.36. The molecule has 19 heavy (non-hydrogen) atoms. The third kappa shape index (κ3) is 3.39. The molecule has 7 heteroatoms. The highest BCUT2D eigenvalue weighted by atomic mass is 32.1. The molecule has 2 rings (SSSR count). The summed E-state index contributed by atoms with van der Waals surface area (Å²) in [4.78, 5) is 11.4. The molecule has 0 radical (unpaired) electrons. The molecule has 0 fully saturated rings. The van der Waals surface area contributed by atoms with E-state index in [2.05, 4.69) is 35.7 Å². The lowest BCUT2D eigenvalue weighted by molar-refractivity contribution is -0.385. The first-order valence-corrected chi connectivity index (χ1v) is 6.90. The van der Waals surface area contributed by atoms with Gasteiger partial charge in [-0.05, 0) is 30.9 Å². The van der Waals surface area contributed by atoms with Gasteiger partial charge < -0.3 is 5.32 Å². The van der Waals surface area contributed by atoms with E-state index in [0.717, 1.165) is 6.54 Å². The number of nitro groups is 1. The van der Waals surface area contributed by atoms with Gasteiger partial charge >= 0.3 is 5.69 Å². The van der Waals surface area contributed by atoms with Crippen molar-refractivity contribution < 1.29 is 4.92 Å². The van der Waals surface area contributed by atoms with Crippen LogP contribution in [0.4, 0.5) is 5.69 Å². The van der Waals surface area contributed by atoms with Crippen LogP contribution in [0.1, 0.15) is 23.4 Å². The fourth-order valence-electron chi connectivity index (χ4n) is 1.89. The van der Waals surface area contributed by atoms with Crippen LogP contribution in [0.15, 0.2) is 23.8 Å². The molecule has 2 aromatic rings. The molecule has 0 amide bonds. The highest BCUT2D eigenvalue weighted by molar-refractivity contribution is 7.10. The number of rotatable bonds is 6. The summed E-state index contributed by atoms with van der Waals surface area (Å²) in [5.74, 6) is 0. The molecule has 0 aliphatic heterocycles. The predicted octanol–water partition coefficient (Wildman–Crippen LogP) is 2.51. The maximum atomic E-state index is 10.5. The van der Waals surface area contributed by atoms with Crippen molar-refractivity contribution in [2.24, 2.45) is 0 Å². The zero-order valence-electron chi connectivity index (χ0n) is 10.9. The first kappa shape index (κ1) is 13.7. The summed E-state index contributed by atoms with van der Waals surface area (Å²) in [5.41, 5.74) is 1.32. The van der Waals surface area contributed by atoms with E-state index in [1.165, 1.54) is 22.8 Å². The Hall–Kier alpha value is -1.73. The number of hydrogen-bond donors (Lipinski definition) is 1. The molecule has 1 atom stereocenters. The van der Waals surface area contributed by atoms with Crippen molar-refractivity contribution in [1.82, 2.24) is 15.1 Å². The van der Waals surface area contributed by atoms with Crippen LogP contribution in [0.3, 0.4) is 0 Å². The summed E-state index contributed by atoms with van der Waals surface area (Å²) < 4.78 is 1.58. The lowest BCUT2D eigenvalue weighted by atomic mass is 10.2. The van der Waals surface area contributed by atoms with Crippen LogP contribution in [0.5, 0.6) is 0 Å². The Morgan fingerprint density at radius 1 is 1.63 bits per heavy atom. The van der Waals surface area contributed by atoms with Gasteiger partial charge in [0.25, 0.3) is 0 Å². The molecule has 1 N–H and O–H groups in total. The monoisotopic (exact) mass is 280 g/mol. The number of thiophene rings is 1. The third-order valence-electron chi connectivity index (χ3n) is 2.92. The molecule has 0 saturated heterocycles. The van der Waals surface area contributed by atoms with Crippen LogP contribution >= 0.6 is 11.3 Å². The summed E-state index contributed by atoms with van der Waals surface area (Å²) in [6.45, 7) is 5.55. The normalized spacial score (nSPS) is 12.5. The molecular formula is C12H16N4O2S. The van der Waals surface area contributed by atoms with E-state index < -0.39 is 4.92 Å². The van der Waals surface area contributed by atoms with Gasteiger partial charge in [0.2, 0.25) is 0 Å². The first-order chi connectivity index (χ1) is 9.08. The van der Waals surface area contributed by atoms with Gasteiger partial charge in [-0.2, -0.15) is 5.10 Å². The highest BCUT2D eigenvalue weighted by Crippen LogP contribution is 2.23. The van der Waals surface area contributed by atoms with Crippen molar-refractivity contribution in [2.75, 3.05) is 6.54 Å². The van der Waals surface area contributed by atoms with Crippen molar-refractivity contribution in [2.45, 2.75) is 26.4 Å². The van der Waals surface area contributed by atoms with E-state index in [0.29, 0.717) is 6.54 Å². The smallest absolute Gasteiger partial charge is 0.306 e. The molecule has 102 valence electrons. The molecule has 0 aliphatic carbocycles. The number of nitrogens with zero attached hydrogens (tertiary/aromatic N) is 3. The second kappa shape index (κ2) is 5.94. The zero-order chi connectivity index (χ0) is 13.8.